The number of anilines is 1. The van der Waals surface area contributed by atoms with Crippen molar-refractivity contribution in [2.24, 2.45) is 5.92 Å². The van der Waals surface area contributed by atoms with Crippen molar-refractivity contribution in [1.29, 1.82) is 0 Å². The molecule has 6 nitrogen and oxygen atoms in total. The second-order valence-corrected chi connectivity index (χ2v) is 5.89. The molecular formula is C16H23N3O3. The molecule has 0 bridgehead atoms. The van der Waals surface area contributed by atoms with Gasteiger partial charge in [0.25, 0.3) is 0 Å². The fourth-order valence-corrected chi connectivity index (χ4v) is 3.02. The van der Waals surface area contributed by atoms with Crippen molar-refractivity contribution in [3.8, 4) is 11.5 Å². The van der Waals surface area contributed by atoms with E-state index in [1.54, 1.807) is 6.07 Å². The van der Waals surface area contributed by atoms with E-state index in [1.165, 1.54) is 0 Å². The molecule has 0 aliphatic carbocycles. The normalized spacial score (nSPS) is 18.4. The molecule has 120 valence electrons. The maximum absolute atomic E-state index is 12.2. The summed E-state index contributed by atoms with van der Waals surface area (Å²) in [6.45, 7) is 3.73. The first-order valence-corrected chi connectivity index (χ1v) is 7.81. The fraction of sp³-hybridized carbons (Fsp3) is 0.562. The van der Waals surface area contributed by atoms with Gasteiger partial charge in [0.2, 0.25) is 12.7 Å². The van der Waals surface area contributed by atoms with E-state index in [9.17, 15) is 4.79 Å². The molecule has 1 aromatic rings. The van der Waals surface area contributed by atoms with Gasteiger partial charge in [-0.1, -0.05) is 0 Å². The maximum atomic E-state index is 12.2. The van der Waals surface area contributed by atoms with Crippen LogP contribution in [0.25, 0.3) is 0 Å². The van der Waals surface area contributed by atoms with Crippen molar-refractivity contribution in [2.45, 2.75) is 12.8 Å². The molecule has 0 radical (unpaired) electrons. The summed E-state index contributed by atoms with van der Waals surface area (Å²) >= 11 is 0. The van der Waals surface area contributed by atoms with Crippen molar-refractivity contribution in [2.75, 3.05) is 45.3 Å². The third-order valence-corrected chi connectivity index (χ3v) is 4.22. The van der Waals surface area contributed by atoms with Crippen molar-refractivity contribution in [3.05, 3.63) is 18.2 Å². The number of carbonyl (C=O) groups excluding carboxylic acids is 1. The molecule has 22 heavy (non-hydrogen) atoms. The number of ether oxygens (including phenoxy) is 2. The number of fused-ring (bicyclic) bond motifs is 1. The van der Waals surface area contributed by atoms with E-state index in [2.05, 4.69) is 15.5 Å². The van der Waals surface area contributed by atoms with Gasteiger partial charge in [0, 0.05) is 11.8 Å². The number of nitrogens with one attached hydrogen (secondary N) is 2. The van der Waals surface area contributed by atoms with Crippen LogP contribution in [0.5, 0.6) is 11.5 Å². The summed E-state index contributed by atoms with van der Waals surface area (Å²) in [7, 11) is 1.99. The van der Waals surface area contributed by atoms with Crippen molar-refractivity contribution < 1.29 is 14.3 Å². The first-order valence-electron chi connectivity index (χ1n) is 7.81. The highest BCUT2D eigenvalue weighted by molar-refractivity contribution is 5.92. The van der Waals surface area contributed by atoms with Gasteiger partial charge in [0.1, 0.15) is 0 Å². The Morgan fingerprint density at radius 1 is 1.27 bits per heavy atom. The number of amides is 1. The molecule has 1 amide bonds. The topological polar surface area (TPSA) is 62.8 Å². The molecule has 6 heteroatoms. The monoisotopic (exact) mass is 305 g/mol. The second-order valence-electron chi connectivity index (χ2n) is 5.89. The van der Waals surface area contributed by atoms with Gasteiger partial charge in [0.15, 0.2) is 11.5 Å². The zero-order valence-corrected chi connectivity index (χ0v) is 12.9. The summed E-state index contributed by atoms with van der Waals surface area (Å²) in [6.07, 6.45) is 2.30. The first kappa shape index (κ1) is 15.1. The van der Waals surface area contributed by atoms with Crippen LogP contribution in [0, 0.1) is 5.92 Å². The van der Waals surface area contributed by atoms with E-state index >= 15 is 0 Å². The average Bonchev–Trinajstić information content (AvgIpc) is 2.97. The molecule has 1 fully saturated rings. The van der Waals surface area contributed by atoms with Crippen LogP contribution in [0.3, 0.4) is 0 Å². The highest BCUT2D eigenvalue weighted by atomic mass is 16.7. The molecule has 2 N–H and O–H groups in total. The fourth-order valence-electron chi connectivity index (χ4n) is 3.02. The maximum Gasteiger partial charge on any atom is 0.238 e. The summed E-state index contributed by atoms with van der Waals surface area (Å²) in [4.78, 5) is 14.4. The van der Waals surface area contributed by atoms with Gasteiger partial charge in [-0.3, -0.25) is 9.69 Å². The van der Waals surface area contributed by atoms with Crippen LogP contribution in [0.15, 0.2) is 18.2 Å². The van der Waals surface area contributed by atoms with Crippen LogP contribution >= 0.6 is 0 Å². The van der Waals surface area contributed by atoms with Gasteiger partial charge < -0.3 is 20.1 Å². The van der Waals surface area contributed by atoms with Crippen molar-refractivity contribution in [1.82, 2.24) is 10.2 Å². The zero-order valence-electron chi connectivity index (χ0n) is 12.9. The largest absolute Gasteiger partial charge is 0.454 e. The smallest absolute Gasteiger partial charge is 0.238 e. The number of rotatable bonds is 5. The van der Waals surface area contributed by atoms with Crippen molar-refractivity contribution >= 4 is 11.6 Å². The Morgan fingerprint density at radius 2 is 2.05 bits per heavy atom. The van der Waals surface area contributed by atoms with Crippen LogP contribution in [-0.4, -0.2) is 50.8 Å². The Kier molecular flexibility index (Phi) is 4.80. The summed E-state index contributed by atoms with van der Waals surface area (Å²) in [5.74, 6) is 2.17. The van der Waals surface area contributed by atoms with E-state index in [4.69, 9.17) is 9.47 Å². The third kappa shape index (κ3) is 3.69. The lowest BCUT2D eigenvalue weighted by Gasteiger charge is -2.31. The number of nitrogens with zero attached hydrogens (tertiary/aromatic N) is 1. The highest BCUT2D eigenvalue weighted by Crippen LogP contribution is 2.34. The Labute approximate surface area is 130 Å². The van der Waals surface area contributed by atoms with Gasteiger partial charge >= 0.3 is 0 Å². The molecular weight excluding hydrogens is 282 g/mol. The van der Waals surface area contributed by atoms with Gasteiger partial charge in [0.05, 0.1) is 6.54 Å². The Bertz CT molecular complexity index is 527. The number of benzene rings is 1. The van der Waals surface area contributed by atoms with Crippen LogP contribution in [0.2, 0.25) is 0 Å². The molecule has 0 aromatic heterocycles. The van der Waals surface area contributed by atoms with Crippen LogP contribution in [0.4, 0.5) is 5.69 Å². The summed E-state index contributed by atoms with van der Waals surface area (Å²) in [6, 6.07) is 5.46. The Morgan fingerprint density at radius 3 is 2.82 bits per heavy atom. The molecule has 0 saturated carbocycles. The molecule has 2 heterocycles. The molecule has 3 rings (SSSR count). The zero-order chi connectivity index (χ0) is 15.4. The molecule has 0 unspecified atom stereocenters. The van der Waals surface area contributed by atoms with Crippen LogP contribution < -0.4 is 20.1 Å². The Hall–Kier alpha value is -1.79. The minimum Gasteiger partial charge on any atom is -0.454 e. The van der Waals surface area contributed by atoms with Gasteiger partial charge in [-0.15, -0.1) is 0 Å². The molecule has 0 atom stereocenters. The molecule has 2 aliphatic heterocycles. The van der Waals surface area contributed by atoms with Crippen molar-refractivity contribution in [3.63, 3.8) is 0 Å². The quantitative estimate of drug-likeness (QED) is 0.858. The minimum atomic E-state index is 0.0194. The average molecular weight is 305 g/mol. The van der Waals surface area contributed by atoms with E-state index in [0.717, 1.165) is 49.8 Å². The van der Waals surface area contributed by atoms with Crippen LogP contribution in [0.1, 0.15) is 12.8 Å². The predicted octanol–water partition coefficient (Wildman–Crippen LogP) is 1.29. The summed E-state index contributed by atoms with van der Waals surface area (Å²) < 4.78 is 10.6. The number of hydrogen-bond acceptors (Lipinski definition) is 5. The number of likely N-dealkylation sites (tertiary alicyclic amines) is 1. The first-order chi connectivity index (χ1) is 10.7. The lowest BCUT2D eigenvalue weighted by atomic mass is 9.97. The van der Waals surface area contributed by atoms with Gasteiger partial charge in [-0.25, -0.2) is 0 Å². The van der Waals surface area contributed by atoms with Crippen LogP contribution in [-0.2, 0) is 4.79 Å². The SMILES string of the molecule is CNCC1CCN(CC(=O)Nc2ccc3c(c2)OCO3)CC1. The summed E-state index contributed by atoms with van der Waals surface area (Å²) in [5, 5.41) is 6.15. The minimum absolute atomic E-state index is 0.0194. The number of hydrogen-bond donors (Lipinski definition) is 2. The number of carbonyl (C=O) groups is 1. The predicted molar refractivity (Wildman–Crippen MR) is 84.3 cm³/mol. The number of piperidine rings is 1. The highest BCUT2D eigenvalue weighted by Gasteiger charge is 2.20. The molecule has 1 saturated heterocycles. The van der Waals surface area contributed by atoms with Gasteiger partial charge in [-0.2, -0.15) is 0 Å². The van der Waals surface area contributed by atoms with E-state index in [-0.39, 0.29) is 12.7 Å². The molecule has 2 aliphatic rings. The van der Waals surface area contributed by atoms with E-state index in [0.29, 0.717) is 12.3 Å². The summed E-state index contributed by atoms with van der Waals surface area (Å²) in [5.41, 5.74) is 0.749. The lowest BCUT2D eigenvalue weighted by molar-refractivity contribution is -0.117. The second kappa shape index (κ2) is 6.98. The van der Waals surface area contributed by atoms with E-state index < -0.39 is 0 Å². The standard InChI is InChI=1S/C16H23N3O3/c1-17-9-12-4-6-19(7-5-12)10-16(20)18-13-2-3-14-15(8-13)22-11-21-14/h2-3,8,12,17H,4-7,9-11H2,1H3,(H,18,20). The van der Waals surface area contributed by atoms with Gasteiger partial charge in [-0.05, 0) is 57.6 Å². The van der Waals surface area contributed by atoms with E-state index in [1.807, 2.05) is 19.2 Å². The Balaban J connectivity index is 1.47. The third-order valence-electron chi connectivity index (χ3n) is 4.22. The molecule has 1 aromatic carbocycles. The molecule has 0 spiro atoms. The lowest BCUT2D eigenvalue weighted by Crippen LogP contribution is -2.40.